The summed E-state index contributed by atoms with van der Waals surface area (Å²) in [6, 6.07) is 0. The third-order valence-corrected chi connectivity index (χ3v) is 3.32. The van der Waals surface area contributed by atoms with Gasteiger partial charge in [0.25, 0.3) is 0 Å². The molecule has 0 aromatic carbocycles. The zero-order valence-corrected chi connectivity index (χ0v) is 7.82. The van der Waals surface area contributed by atoms with Crippen molar-refractivity contribution in [2.45, 2.75) is 31.1 Å². The Morgan fingerprint density at radius 2 is 2.45 bits per heavy atom. The molecule has 1 aliphatic heterocycles. The molecule has 1 N–H and O–H groups in total. The van der Waals surface area contributed by atoms with Gasteiger partial charge in [-0.15, -0.1) is 11.8 Å². The Morgan fingerprint density at radius 1 is 1.64 bits per heavy atom. The fourth-order valence-electron chi connectivity index (χ4n) is 1.22. The number of rotatable bonds is 3. The van der Waals surface area contributed by atoms with Crippen LogP contribution in [0.25, 0.3) is 0 Å². The van der Waals surface area contributed by atoms with E-state index in [2.05, 4.69) is 6.92 Å². The lowest BCUT2D eigenvalue weighted by atomic mass is 10.2. The number of hydrogen-bond donors (Lipinski definition) is 1. The van der Waals surface area contributed by atoms with Gasteiger partial charge in [-0.1, -0.05) is 0 Å². The molecule has 1 fully saturated rings. The first-order chi connectivity index (χ1) is 5.27. The monoisotopic (exact) mass is 176 g/mol. The molecular formula is C8H16O2S. The summed E-state index contributed by atoms with van der Waals surface area (Å²) in [5.74, 6) is 1.20. The fraction of sp³-hybridized carbons (Fsp3) is 1.00. The number of aliphatic hydroxyl groups is 1. The van der Waals surface area contributed by atoms with E-state index in [1.807, 2.05) is 11.8 Å². The fourth-order valence-corrected chi connectivity index (χ4v) is 2.37. The average Bonchev–Trinajstić information content (AvgIpc) is 2.03. The summed E-state index contributed by atoms with van der Waals surface area (Å²) >= 11 is 1.87. The first-order valence-electron chi connectivity index (χ1n) is 4.16. The van der Waals surface area contributed by atoms with E-state index >= 15 is 0 Å². The zero-order chi connectivity index (χ0) is 8.16. The highest BCUT2D eigenvalue weighted by molar-refractivity contribution is 8.00. The van der Waals surface area contributed by atoms with Gasteiger partial charge in [-0.3, -0.25) is 0 Å². The van der Waals surface area contributed by atoms with E-state index < -0.39 is 0 Å². The Bertz CT molecular complexity index is 111. The van der Waals surface area contributed by atoms with E-state index in [0.717, 1.165) is 19.4 Å². The van der Waals surface area contributed by atoms with Crippen molar-refractivity contribution in [3.63, 3.8) is 0 Å². The molecule has 0 aromatic heterocycles. The van der Waals surface area contributed by atoms with Gasteiger partial charge in [-0.2, -0.15) is 0 Å². The van der Waals surface area contributed by atoms with E-state index in [9.17, 15) is 0 Å². The van der Waals surface area contributed by atoms with Crippen LogP contribution < -0.4 is 0 Å². The van der Waals surface area contributed by atoms with Crippen molar-refractivity contribution in [2.24, 2.45) is 0 Å². The quantitative estimate of drug-likeness (QED) is 0.708. The van der Waals surface area contributed by atoms with Crippen molar-refractivity contribution in [1.82, 2.24) is 0 Å². The molecule has 1 aliphatic rings. The van der Waals surface area contributed by atoms with Crippen LogP contribution in [-0.4, -0.2) is 29.0 Å². The minimum atomic E-state index is -0.0129. The number of hydrogen-bond acceptors (Lipinski definition) is 3. The molecule has 0 aliphatic carbocycles. The molecule has 3 heteroatoms. The lowest BCUT2D eigenvalue weighted by Crippen LogP contribution is -2.29. The number of aliphatic hydroxyl groups excluding tert-OH is 1. The molecule has 0 aromatic rings. The summed E-state index contributed by atoms with van der Waals surface area (Å²) in [4.78, 5) is -0.0129. The Labute approximate surface area is 72.3 Å². The molecule has 0 spiro atoms. The second kappa shape index (κ2) is 4.33. The molecule has 0 amide bonds. The van der Waals surface area contributed by atoms with Crippen molar-refractivity contribution in [3.05, 3.63) is 0 Å². The highest BCUT2D eigenvalue weighted by Crippen LogP contribution is 2.34. The van der Waals surface area contributed by atoms with Crippen LogP contribution in [-0.2, 0) is 4.74 Å². The highest BCUT2D eigenvalue weighted by Gasteiger charge is 2.27. The van der Waals surface area contributed by atoms with Gasteiger partial charge in [0.05, 0.1) is 0 Å². The van der Waals surface area contributed by atoms with Crippen LogP contribution in [0.4, 0.5) is 0 Å². The van der Waals surface area contributed by atoms with Gasteiger partial charge >= 0.3 is 0 Å². The number of thioether (sulfide) groups is 1. The lowest BCUT2D eigenvalue weighted by molar-refractivity contribution is 0.0224. The summed E-state index contributed by atoms with van der Waals surface area (Å²) in [6.07, 6.45) is 2.98. The van der Waals surface area contributed by atoms with E-state index in [1.165, 1.54) is 12.2 Å². The van der Waals surface area contributed by atoms with E-state index in [0.29, 0.717) is 0 Å². The Hall–Kier alpha value is 0.270. The van der Waals surface area contributed by atoms with E-state index in [4.69, 9.17) is 9.84 Å². The SMILES string of the molecule is CC1(CCCO)OCCCS1. The molecule has 1 unspecified atom stereocenters. The van der Waals surface area contributed by atoms with Gasteiger partial charge in [0.1, 0.15) is 4.93 Å². The largest absolute Gasteiger partial charge is 0.396 e. The molecule has 1 heterocycles. The van der Waals surface area contributed by atoms with Crippen molar-refractivity contribution < 1.29 is 9.84 Å². The molecule has 1 rings (SSSR count). The Morgan fingerprint density at radius 3 is 3.00 bits per heavy atom. The van der Waals surface area contributed by atoms with Crippen molar-refractivity contribution in [3.8, 4) is 0 Å². The molecule has 2 nitrogen and oxygen atoms in total. The Balaban J connectivity index is 2.25. The summed E-state index contributed by atoms with van der Waals surface area (Å²) in [5, 5.41) is 8.65. The minimum absolute atomic E-state index is 0.0129. The molecule has 11 heavy (non-hydrogen) atoms. The first kappa shape index (κ1) is 9.36. The second-order valence-corrected chi connectivity index (χ2v) is 4.57. The normalized spacial score (nSPS) is 32.2. The van der Waals surface area contributed by atoms with Crippen LogP contribution in [0.3, 0.4) is 0 Å². The van der Waals surface area contributed by atoms with Crippen LogP contribution in [0.15, 0.2) is 0 Å². The maximum atomic E-state index is 8.65. The van der Waals surface area contributed by atoms with Gasteiger partial charge in [0.15, 0.2) is 0 Å². The standard InChI is InChI=1S/C8H16O2S/c1-8(4-2-5-9)10-6-3-7-11-8/h9H,2-7H2,1H3. The topological polar surface area (TPSA) is 29.5 Å². The predicted molar refractivity (Wildman–Crippen MR) is 47.8 cm³/mol. The number of ether oxygens (including phenoxy) is 1. The van der Waals surface area contributed by atoms with Crippen molar-refractivity contribution in [1.29, 1.82) is 0 Å². The molecular weight excluding hydrogens is 160 g/mol. The van der Waals surface area contributed by atoms with Gasteiger partial charge in [-0.05, 0) is 31.9 Å². The van der Waals surface area contributed by atoms with E-state index in [1.54, 1.807) is 0 Å². The van der Waals surface area contributed by atoms with Crippen molar-refractivity contribution in [2.75, 3.05) is 19.0 Å². The molecule has 0 saturated carbocycles. The lowest BCUT2D eigenvalue weighted by Gasteiger charge is -2.33. The third-order valence-electron chi connectivity index (χ3n) is 1.89. The Kier molecular flexibility index (Phi) is 3.69. The molecule has 66 valence electrons. The highest BCUT2D eigenvalue weighted by atomic mass is 32.2. The molecule has 1 saturated heterocycles. The minimum Gasteiger partial charge on any atom is -0.396 e. The van der Waals surface area contributed by atoms with Crippen LogP contribution in [0.1, 0.15) is 26.2 Å². The summed E-state index contributed by atoms with van der Waals surface area (Å²) in [6.45, 7) is 3.28. The van der Waals surface area contributed by atoms with Crippen LogP contribution >= 0.6 is 11.8 Å². The van der Waals surface area contributed by atoms with Gasteiger partial charge in [-0.25, -0.2) is 0 Å². The van der Waals surface area contributed by atoms with Gasteiger partial charge in [0.2, 0.25) is 0 Å². The molecule has 0 bridgehead atoms. The maximum absolute atomic E-state index is 8.65. The third kappa shape index (κ3) is 3.01. The smallest absolute Gasteiger partial charge is 0.111 e. The predicted octanol–water partition coefficient (Wildman–Crippen LogP) is 1.63. The van der Waals surface area contributed by atoms with Crippen LogP contribution in [0.5, 0.6) is 0 Å². The van der Waals surface area contributed by atoms with Gasteiger partial charge < -0.3 is 9.84 Å². The first-order valence-corrected chi connectivity index (χ1v) is 5.14. The summed E-state index contributed by atoms with van der Waals surface area (Å²) < 4.78 is 5.62. The zero-order valence-electron chi connectivity index (χ0n) is 7.01. The van der Waals surface area contributed by atoms with Gasteiger partial charge in [0, 0.05) is 13.2 Å². The molecule has 0 radical (unpaired) electrons. The average molecular weight is 176 g/mol. The van der Waals surface area contributed by atoms with Crippen molar-refractivity contribution >= 4 is 11.8 Å². The summed E-state index contributed by atoms with van der Waals surface area (Å²) in [5.41, 5.74) is 0. The van der Waals surface area contributed by atoms with Crippen LogP contribution in [0, 0.1) is 0 Å². The second-order valence-electron chi connectivity index (χ2n) is 3.01. The molecule has 1 atom stereocenters. The van der Waals surface area contributed by atoms with Crippen LogP contribution in [0.2, 0.25) is 0 Å². The summed E-state index contributed by atoms with van der Waals surface area (Å²) in [7, 11) is 0. The van der Waals surface area contributed by atoms with E-state index in [-0.39, 0.29) is 11.5 Å². The maximum Gasteiger partial charge on any atom is 0.111 e.